The van der Waals surface area contributed by atoms with Crippen LogP contribution in [0, 0.1) is 0 Å². The molecule has 0 atom stereocenters. The largest absolute Gasteiger partial charge is 0.329 e. The quantitative estimate of drug-likeness (QED) is 0.288. The number of anilines is 2. The second-order valence-corrected chi connectivity index (χ2v) is 9.30. The first-order valence-electron chi connectivity index (χ1n) is 11.5. The molecule has 0 amide bonds. The highest BCUT2D eigenvalue weighted by Crippen LogP contribution is 2.57. The molecule has 32 heavy (non-hydrogen) atoms. The maximum absolute atomic E-state index is 2.60. The summed E-state index contributed by atoms with van der Waals surface area (Å²) in [7, 11) is 0. The lowest BCUT2D eigenvalue weighted by Gasteiger charge is -2.45. The second kappa shape index (κ2) is 5.89. The van der Waals surface area contributed by atoms with Crippen LogP contribution in [0.1, 0.15) is 39.4 Å². The van der Waals surface area contributed by atoms with Gasteiger partial charge in [0.1, 0.15) is 0 Å². The van der Waals surface area contributed by atoms with Crippen molar-refractivity contribution in [1.29, 1.82) is 0 Å². The minimum Gasteiger partial charge on any atom is -0.329 e. The molecule has 1 nitrogen and oxygen atoms in total. The summed E-state index contributed by atoms with van der Waals surface area (Å²) in [6.07, 6.45) is 11.2. The number of rotatable bonds is 0. The topological polar surface area (TPSA) is 3.24 Å². The molecule has 0 saturated carbocycles. The molecule has 0 bridgehead atoms. The average Bonchev–Trinajstić information content (AvgIpc) is 3.50. The Labute approximate surface area is 188 Å². The first kappa shape index (κ1) is 16.8. The molecule has 0 spiro atoms. The number of hydrogen-bond donors (Lipinski definition) is 0. The molecule has 0 saturated heterocycles. The van der Waals surface area contributed by atoms with E-state index < -0.39 is 0 Å². The van der Waals surface area contributed by atoms with Gasteiger partial charge in [-0.2, -0.15) is 0 Å². The average molecular weight is 408 g/mol. The molecule has 0 unspecified atom stereocenters. The van der Waals surface area contributed by atoms with E-state index in [9.17, 15) is 0 Å². The molecular formula is C31H21N. The maximum atomic E-state index is 2.60. The minimum absolute atomic E-state index is 0.196. The third kappa shape index (κ3) is 2.04. The summed E-state index contributed by atoms with van der Waals surface area (Å²) in [6.45, 7) is 0. The van der Waals surface area contributed by atoms with E-state index in [1.54, 1.807) is 0 Å². The van der Waals surface area contributed by atoms with Crippen molar-refractivity contribution in [3.05, 3.63) is 118 Å². The van der Waals surface area contributed by atoms with Gasteiger partial charge in [0.15, 0.2) is 0 Å². The van der Waals surface area contributed by atoms with Crippen molar-refractivity contribution in [3.8, 4) is 22.3 Å². The lowest BCUT2D eigenvalue weighted by molar-refractivity contribution is 0.799. The normalized spacial score (nSPS) is 16.1. The molecular weight excluding hydrogens is 386 g/mol. The van der Waals surface area contributed by atoms with Crippen LogP contribution in [-0.2, 0) is 12.8 Å². The first-order valence-corrected chi connectivity index (χ1v) is 11.5. The molecule has 150 valence electrons. The molecule has 2 heterocycles. The maximum Gasteiger partial charge on any atom is 0.0857 e. The molecule has 1 heteroatoms. The zero-order valence-corrected chi connectivity index (χ0v) is 17.7. The molecule has 0 radical (unpaired) electrons. The number of benzene rings is 4. The molecule has 4 aromatic carbocycles. The molecule has 8 rings (SSSR count). The summed E-state index contributed by atoms with van der Waals surface area (Å²) in [4.78, 5) is 2.60. The Bertz CT molecular complexity index is 1420. The van der Waals surface area contributed by atoms with Gasteiger partial charge in [0.25, 0.3) is 0 Å². The van der Waals surface area contributed by atoms with Gasteiger partial charge in [0, 0.05) is 22.5 Å². The van der Waals surface area contributed by atoms with E-state index in [4.69, 9.17) is 0 Å². The van der Waals surface area contributed by atoms with Gasteiger partial charge in [-0.3, -0.25) is 0 Å². The van der Waals surface area contributed by atoms with E-state index in [2.05, 4.69) is 102 Å². The van der Waals surface area contributed by atoms with Gasteiger partial charge in [-0.1, -0.05) is 72.8 Å². The Hall–Kier alpha value is -3.84. The zero-order valence-electron chi connectivity index (χ0n) is 17.7. The minimum atomic E-state index is 0.196. The molecule has 0 aromatic heterocycles. The third-order valence-electron chi connectivity index (χ3n) is 7.65. The van der Waals surface area contributed by atoms with Crippen LogP contribution in [0.4, 0.5) is 11.4 Å². The molecule has 2 aliphatic carbocycles. The summed E-state index contributed by atoms with van der Waals surface area (Å²) < 4.78 is 0. The van der Waals surface area contributed by atoms with E-state index in [-0.39, 0.29) is 6.04 Å². The van der Waals surface area contributed by atoms with Gasteiger partial charge in [0.2, 0.25) is 0 Å². The summed E-state index contributed by atoms with van der Waals surface area (Å²) in [5.41, 5.74) is 16.6. The van der Waals surface area contributed by atoms with E-state index in [0.29, 0.717) is 0 Å². The van der Waals surface area contributed by atoms with Gasteiger partial charge in [-0.15, -0.1) is 0 Å². The van der Waals surface area contributed by atoms with Crippen molar-refractivity contribution in [2.75, 3.05) is 4.90 Å². The molecule has 2 aliphatic heterocycles. The van der Waals surface area contributed by atoms with Gasteiger partial charge < -0.3 is 4.90 Å². The Morgan fingerprint density at radius 2 is 1.06 bits per heavy atom. The second-order valence-electron chi connectivity index (χ2n) is 9.30. The fourth-order valence-corrected chi connectivity index (χ4v) is 6.25. The predicted molar refractivity (Wildman–Crippen MR) is 133 cm³/mol. The fourth-order valence-electron chi connectivity index (χ4n) is 6.25. The lowest BCUT2D eigenvalue weighted by Crippen LogP contribution is -2.32. The van der Waals surface area contributed by atoms with E-state index in [0.717, 1.165) is 12.8 Å². The molecule has 4 aromatic rings. The lowest BCUT2D eigenvalue weighted by atomic mass is 9.77. The van der Waals surface area contributed by atoms with Gasteiger partial charge in [-0.05, 0) is 81.6 Å². The summed E-state index contributed by atoms with van der Waals surface area (Å²) in [5, 5.41) is 0. The third-order valence-corrected chi connectivity index (χ3v) is 7.65. The molecule has 0 fully saturated rings. The van der Waals surface area contributed by atoms with Crippen LogP contribution in [0.5, 0.6) is 0 Å². The van der Waals surface area contributed by atoms with Crippen LogP contribution in [0.15, 0.2) is 84.9 Å². The van der Waals surface area contributed by atoms with Gasteiger partial charge >= 0.3 is 0 Å². The Kier molecular flexibility index (Phi) is 3.09. The standard InChI is InChI=1S/C31H21N/c1-3-13-29-23(11-1)25-15-19-7-5-9-21(19)17-27(25)31-28-18-22-10-6-8-20(22)16-26(28)24-12-2-4-14-30(24)32(29)31/h1-8,11-18,31H,9-10H2. The Morgan fingerprint density at radius 1 is 0.562 bits per heavy atom. The van der Waals surface area contributed by atoms with Crippen LogP contribution < -0.4 is 4.90 Å². The highest BCUT2D eigenvalue weighted by molar-refractivity contribution is 5.98. The SMILES string of the molecule is C1=Cc2cc3c(cc2C1)C1c2cc4c(cc2-c2ccccc2N1c1ccccc1-3)C=CC4. The molecule has 4 aliphatic rings. The van der Waals surface area contributed by atoms with E-state index >= 15 is 0 Å². The summed E-state index contributed by atoms with van der Waals surface area (Å²) in [6, 6.07) is 27.9. The van der Waals surface area contributed by atoms with Crippen LogP contribution in [-0.4, -0.2) is 0 Å². The summed E-state index contributed by atoms with van der Waals surface area (Å²) >= 11 is 0. The van der Waals surface area contributed by atoms with Crippen molar-refractivity contribution in [2.24, 2.45) is 0 Å². The zero-order chi connectivity index (χ0) is 20.8. The van der Waals surface area contributed by atoms with Crippen LogP contribution in [0.3, 0.4) is 0 Å². The number of nitrogens with zero attached hydrogens (tertiary/aromatic N) is 1. The van der Waals surface area contributed by atoms with Gasteiger partial charge in [-0.25, -0.2) is 0 Å². The van der Waals surface area contributed by atoms with E-state index in [1.165, 1.54) is 67.0 Å². The Morgan fingerprint density at radius 3 is 1.59 bits per heavy atom. The number of allylic oxidation sites excluding steroid dienone is 2. The fraction of sp³-hybridized carbons (Fsp3) is 0.0968. The van der Waals surface area contributed by atoms with Crippen LogP contribution >= 0.6 is 0 Å². The number of para-hydroxylation sites is 2. The van der Waals surface area contributed by atoms with E-state index in [1.807, 2.05) is 0 Å². The summed E-state index contributed by atoms with van der Waals surface area (Å²) in [5.74, 6) is 0. The number of fused-ring (bicyclic) bond motifs is 13. The van der Waals surface area contributed by atoms with Crippen molar-refractivity contribution < 1.29 is 0 Å². The predicted octanol–water partition coefficient (Wildman–Crippen LogP) is 7.71. The van der Waals surface area contributed by atoms with Crippen molar-refractivity contribution in [2.45, 2.75) is 18.9 Å². The van der Waals surface area contributed by atoms with Gasteiger partial charge in [0.05, 0.1) is 6.04 Å². The first-order chi connectivity index (χ1) is 15.9. The smallest absolute Gasteiger partial charge is 0.0857 e. The van der Waals surface area contributed by atoms with Crippen molar-refractivity contribution >= 4 is 23.5 Å². The molecule has 0 N–H and O–H groups in total. The highest BCUT2D eigenvalue weighted by Gasteiger charge is 2.39. The van der Waals surface area contributed by atoms with Crippen molar-refractivity contribution in [3.63, 3.8) is 0 Å². The highest BCUT2D eigenvalue weighted by atomic mass is 15.2. The van der Waals surface area contributed by atoms with Crippen LogP contribution in [0.25, 0.3) is 34.4 Å². The monoisotopic (exact) mass is 407 g/mol. The Balaban J connectivity index is 1.51. The van der Waals surface area contributed by atoms with Crippen LogP contribution in [0.2, 0.25) is 0 Å². The number of hydrogen-bond acceptors (Lipinski definition) is 1. The van der Waals surface area contributed by atoms with Crippen molar-refractivity contribution in [1.82, 2.24) is 0 Å².